The molecule has 0 bridgehead atoms. The van der Waals surface area contributed by atoms with Crippen LogP contribution in [-0.2, 0) is 5.88 Å². The van der Waals surface area contributed by atoms with Crippen LogP contribution >= 0.6 is 23.2 Å². The molecule has 0 aliphatic carbocycles. The summed E-state index contributed by atoms with van der Waals surface area (Å²) in [4.78, 5) is 2.43. The number of benzene rings is 1. The van der Waals surface area contributed by atoms with Crippen molar-refractivity contribution in [2.45, 2.75) is 32.1 Å². The highest BCUT2D eigenvalue weighted by molar-refractivity contribution is 6.32. The topological polar surface area (TPSA) is 3.24 Å². The number of hydrogen-bond acceptors (Lipinski definition) is 1. The van der Waals surface area contributed by atoms with E-state index in [1.807, 2.05) is 12.1 Å². The van der Waals surface area contributed by atoms with Crippen LogP contribution < -0.4 is 4.90 Å². The van der Waals surface area contributed by atoms with Gasteiger partial charge in [-0.05, 0) is 36.5 Å². The second kappa shape index (κ2) is 5.97. The molecule has 1 aliphatic heterocycles. The lowest BCUT2D eigenvalue weighted by Crippen LogP contribution is -2.33. The van der Waals surface area contributed by atoms with Gasteiger partial charge in [0.05, 0.1) is 0 Å². The zero-order valence-electron chi connectivity index (χ0n) is 10.3. The summed E-state index contributed by atoms with van der Waals surface area (Å²) in [7, 11) is 0. The van der Waals surface area contributed by atoms with Crippen LogP contribution in [0.2, 0.25) is 5.02 Å². The zero-order chi connectivity index (χ0) is 12.3. The fraction of sp³-hybridized carbons (Fsp3) is 0.571. The van der Waals surface area contributed by atoms with Crippen molar-refractivity contribution in [3.63, 3.8) is 0 Å². The average molecular weight is 272 g/mol. The van der Waals surface area contributed by atoms with Gasteiger partial charge >= 0.3 is 0 Å². The number of piperidine rings is 1. The standard InChI is InChI=1S/C14H19Cl2N/c1-2-11-5-7-17(8-6-11)13-4-3-12(10-15)14(16)9-13/h3-4,9,11H,2,5-8,10H2,1H3. The molecule has 1 heterocycles. The van der Waals surface area contributed by atoms with Gasteiger partial charge in [0.15, 0.2) is 0 Å². The first-order valence-corrected chi connectivity index (χ1v) is 7.25. The van der Waals surface area contributed by atoms with Crippen molar-refractivity contribution in [1.29, 1.82) is 0 Å². The van der Waals surface area contributed by atoms with E-state index >= 15 is 0 Å². The fourth-order valence-corrected chi connectivity index (χ4v) is 2.98. The summed E-state index contributed by atoms with van der Waals surface area (Å²) >= 11 is 12.0. The van der Waals surface area contributed by atoms with E-state index in [9.17, 15) is 0 Å². The highest BCUT2D eigenvalue weighted by Gasteiger charge is 2.18. The van der Waals surface area contributed by atoms with Gasteiger partial charge < -0.3 is 4.90 Å². The van der Waals surface area contributed by atoms with Crippen molar-refractivity contribution in [3.8, 4) is 0 Å². The highest BCUT2D eigenvalue weighted by Crippen LogP contribution is 2.28. The molecule has 2 rings (SSSR count). The van der Waals surface area contributed by atoms with Crippen molar-refractivity contribution in [2.24, 2.45) is 5.92 Å². The van der Waals surface area contributed by atoms with Crippen molar-refractivity contribution < 1.29 is 0 Å². The van der Waals surface area contributed by atoms with Crippen LogP contribution in [0.5, 0.6) is 0 Å². The van der Waals surface area contributed by atoms with Gasteiger partial charge in [0.2, 0.25) is 0 Å². The van der Waals surface area contributed by atoms with Crippen LogP contribution in [0.1, 0.15) is 31.7 Å². The Morgan fingerprint density at radius 2 is 2.00 bits per heavy atom. The first-order chi connectivity index (χ1) is 8.24. The largest absolute Gasteiger partial charge is 0.371 e. The Morgan fingerprint density at radius 1 is 1.29 bits per heavy atom. The lowest BCUT2D eigenvalue weighted by Gasteiger charge is -2.33. The quantitative estimate of drug-likeness (QED) is 0.720. The molecular formula is C14H19Cl2N. The minimum atomic E-state index is 0.483. The minimum absolute atomic E-state index is 0.483. The molecule has 0 unspecified atom stereocenters. The Hall–Kier alpha value is -0.400. The predicted octanol–water partition coefficient (Wildman–Crippen LogP) is 4.71. The third kappa shape index (κ3) is 3.08. The Kier molecular flexibility index (Phi) is 4.58. The zero-order valence-corrected chi connectivity index (χ0v) is 11.8. The van der Waals surface area contributed by atoms with Crippen LogP contribution in [0.3, 0.4) is 0 Å². The molecular weight excluding hydrogens is 253 g/mol. The van der Waals surface area contributed by atoms with E-state index in [4.69, 9.17) is 23.2 Å². The molecule has 1 aromatic rings. The molecule has 0 radical (unpaired) electrons. The SMILES string of the molecule is CCC1CCN(c2ccc(CCl)c(Cl)c2)CC1. The Balaban J connectivity index is 2.06. The summed E-state index contributed by atoms with van der Waals surface area (Å²) in [6.07, 6.45) is 3.90. The van der Waals surface area contributed by atoms with E-state index < -0.39 is 0 Å². The molecule has 0 N–H and O–H groups in total. The fourth-order valence-electron chi connectivity index (χ4n) is 2.44. The van der Waals surface area contributed by atoms with E-state index in [0.717, 1.165) is 29.6 Å². The van der Waals surface area contributed by atoms with Crippen LogP contribution in [-0.4, -0.2) is 13.1 Å². The third-order valence-electron chi connectivity index (χ3n) is 3.74. The number of halogens is 2. The molecule has 0 saturated carbocycles. The van der Waals surface area contributed by atoms with Crippen LogP contribution in [0.4, 0.5) is 5.69 Å². The Morgan fingerprint density at radius 3 is 2.53 bits per heavy atom. The van der Waals surface area contributed by atoms with E-state index in [1.165, 1.54) is 24.9 Å². The maximum atomic E-state index is 6.19. The number of nitrogens with zero attached hydrogens (tertiary/aromatic N) is 1. The molecule has 1 fully saturated rings. The van der Waals surface area contributed by atoms with Gasteiger partial charge in [-0.25, -0.2) is 0 Å². The normalized spacial score (nSPS) is 17.5. The molecule has 1 aliphatic rings. The molecule has 1 nitrogen and oxygen atoms in total. The van der Waals surface area contributed by atoms with Gasteiger partial charge in [-0.15, -0.1) is 11.6 Å². The number of anilines is 1. The van der Waals surface area contributed by atoms with Crippen molar-refractivity contribution in [1.82, 2.24) is 0 Å². The minimum Gasteiger partial charge on any atom is -0.371 e. The number of alkyl halides is 1. The number of hydrogen-bond donors (Lipinski definition) is 0. The lowest BCUT2D eigenvalue weighted by molar-refractivity contribution is 0.395. The molecule has 0 spiro atoms. The third-order valence-corrected chi connectivity index (χ3v) is 4.38. The molecule has 17 heavy (non-hydrogen) atoms. The maximum absolute atomic E-state index is 6.19. The van der Waals surface area contributed by atoms with Gasteiger partial charge in [-0.2, -0.15) is 0 Å². The summed E-state index contributed by atoms with van der Waals surface area (Å²) < 4.78 is 0. The Labute approximate surface area is 114 Å². The van der Waals surface area contributed by atoms with Gasteiger partial charge in [0.1, 0.15) is 0 Å². The van der Waals surface area contributed by atoms with Crippen LogP contribution in [0.15, 0.2) is 18.2 Å². The molecule has 0 aromatic heterocycles. The summed E-state index contributed by atoms with van der Waals surface area (Å²) in [6.45, 7) is 4.58. The van der Waals surface area contributed by atoms with E-state index in [0.29, 0.717) is 5.88 Å². The Bertz CT molecular complexity index is 370. The maximum Gasteiger partial charge on any atom is 0.0488 e. The van der Waals surface area contributed by atoms with Crippen molar-refractivity contribution in [2.75, 3.05) is 18.0 Å². The lowest BCUT2D eigenvalue weighted by atomic mass is 9.94. The first-order valence-electron chi connectivity index (χ1n) is 6.34. The second-order valence-corrected chi connectivity index (χ2v) is 5.42. The van der Waals surface area contributed by atoms with Crippen LogP contribution in [0, 0.1) is 5.92 Å². The molecule has 0 amide bonds. The van der Waals surface area contributed by atoms with Crippen molar-refractivity contribution in [3.05, 3.63) is 28.8 Å². The predicted molar refractivity (Wildman–Crippen MR) is 76.2 cm³/mol. The van der Waals surface area contributed by atoms with Gasteiger partial charge in [0.25, 0.3) is 0 Å². The molecule has 1 aromatic carbocycles. The number of rotatable bonds is 3. The molecule has 94 valence electrons. The summed E-state index contributed by atoms with van der Waals surface area (Å²) in [5.74, 6) is 1.39. The first kappa shape index (κ1) is 13.0. The van der Waals surface area contributed by atoms with E-state index in [-0.39, 0.29) is 0 Å². The van der Waals surface area contributed by atoms with Crippen LogP contribution in [0.25, 0.3) is 0 Å². The highest BCUT2D eigenvalue weighted by atomic mass is 35.5. The van der Waals surface area contributed by atoms with E-state index in [2.05, 4.69) is 17.9 Å². The smallest absolute Gasteiger partial charge is 0.0488 e. The second-order valence-electron chi connectivity index (χ2n) is 4.75. The van der Waals surface area contributed by atoms with Gasteiger partial charge in [-0.3, -0.25) is 0 Å². The van der Waals surface area contributed by atoms with Crippen molar-refractivity contribution >= 4 is 28.9 Å². The van der Waals surface area contributed by atoms with Gasteiger partial charge in [-0.1, -0.05) is 31.0 Å². The monoisotopic (exact) mass is 271 g/mol. The summed E-state index contributed by atoms with van der Waals surface area (Å²) in [6, 6.07) is 6.22. The van der Waals surface area contributed by atoms with Gasteiger partial charge in [0, 0.05) is 29.7 Å². The average Bonchev–Trinajstić information content (AvgIpc) is 2.39. The molecule has 1 saturated heterocycles. The molecule has 0 atom stereocenters. The summed E-state index contributed by atoms with van der Waals surface area (Å²) in [5.41, 5.74) is 2.25. The van der Waals surface area contributed by atoms with E-state index in [1.54, 1.807) is 0 Å². The summed E-state index contributed by atoms with van der Waals surface area (Å²) in [5, 5.41) is 0.787. The molecule has 3 heteroatoms.